The van der Waals surface area contributed by atoms with Gasteiger partial charge in [0.25, 0.3) is 0 Å². The quantitative estimate of drug-likeness (QED) is 0.609. The number of benzene rings is 2. The van der Waals surface area contributed by atoms with Gasteiger partial charge in [-0.05, 0) is 24.6 Å². The van der Waals surface area contributed by atoms with Crippen LogP contribution in [0.2, 0.25) is 0 Å². The summed E-state index contributed by atoms with van der Waals surface area (Å²) in [5.74, 6) is 2.34. The molecule has 0 aromatic heterocycles. The lowest BCUT2D eigenvalue weighted by atomic mass is 9.97. The van der Waals surface area contributed by atoms with E-state index in [1.54, 1.807) is 40.6 Å². The van der Waals surface area contributed by atoms with Gasteiger partial charge in [-0.2, -0.15) is 0 Å². The van der Waals surface area contributed by atoms with E-state index in [0.717, 1.165) is 16.7 Å². The molecule has 2 aromatic rings. The Morgan fingerprint density at radius 1 is 0.786 bits per heavy atom. The summed E-state index contributed by atoms with van der Waals surface area (Å²) < 4.78 is 32.1. The molecule has 2 aromatic carbocycles. The van der Waals surface area contributed by atoms with Gasteiger partial charge in [0.2, 0.25) is 11.5 Å². The topological polar surface area (TPSA) is 72.5 Å². The van der Waals surface area contributed by atoms with E-state index in [4.69, 9.17) is 23.7 Å². The van der Waals surface area contributed by atoms with Crippen molar-refractivity contribution in [1.29, 1.82) is 0 Å². The fourth-order valence-electron chi connectivity index (χ4n) is 2.98. The van der Waals surface area contributed by atoms with Crippen LogP contribution in [0.4, 0.5) is 0 Å². The molecule has 0 radical (unpaired) electrons. The zero-order valence-corrected chi connectivity index (χ0v) is 17.1. The van der Waals surface area contributed by atoms with E-state index >= 15 is 0 Å². The second kappa shape index (κ2) is 9.73. The van der Waals surface area contributed by atoms with Crippen LogP contribution < -0.4 is 23.7 Å². The lowest BCUT2D eigenvalue weighted by Crippen LogP contribution is -2.12. The third-order valence-electron chi connectivity index (χ3n) is 4.39. The van der Waals surface area contributed by atoms with Gasteiger partial charge in [0.1, 0.15) is 5.75 Å². The van der Waals surface area contributed by atoms with E-state index in [9.17, 15) is 4.79 Å². The van der Waals surface area contributed by atoms with Crippen LogP contribution in [0.25, 0.3) is 0 Å². The Hall–Kier alpha value is -3.09. The average Bonchev–Trinajstić information content (AvgIpc) is 2.73. The van der Waals surface area contributed by atoms with Crippen LogP contribution in [-0.2, 0) is 16.0 Å². The van der Waals surface area contributed by atoms with E-state index in [1.165, 1.54) is 7.11 Å². The standard InChI is InChI=1S/C21H26O7/c1-13-16(19(25-4)21(27-6)20(26-5)18(13)24-3)11-14-7-9-15(10-8-14)28-12-17(22)23-2/h7-10H,11-12H2,1-6H3. The Morgan fingerprint density at radius 3 is 1.82 bits per heavy atom. The highest BCUT2D eigenvalue weighted by molar-refractivity contribution is 5.71. The highest BCUT2D eigenvalue weighted by Gasteiger charge is 2.25. The molecule has 0 saturated heterocycles. The molecule has 28 heavy (non-hydrogen) atoms. The van der Waals surface area contributed by atoms with Gasteiger partial charge < -0.3 is 28.4 Å². The van der Waals surface area contributed by atoms with Crippen LogP contribution in [-0.4, -0.2) is 48.1 Å². The molecule has 7 heteroatoms. The molecular weight excluding hydrogens is 364 g/mol. The van der Waals surface area contributed by atoms with Gasteiger partial charge >= 0.3 is 5.97 Å². The largest absolute Gasteiger partial charge is 0.492 e. The number of ether oxygens (including phenoxy) is 6. The first kappa shape index (κ1) is 21.2. The Bertz CT molecular complexity index is 813. The molecule has 0 atom stereocenters. The van der Waals surface area contributed by atoms with E-state index in [-0.39, 0.29) is 6.61 Å². The Labute approximate surface area is 165 Å². The van der Waals surface area contributed by atoms with Crippen molar-refractivity contribution >= 4 is 5.97 Å². The molecule has 0 aliphatic rings. The zero-order chi connectivity index (χ0) is 20.7. The van der Waals surface area contributed by atoms with Crippen LogP contribution in [0.1, 0.15) is 16.7 Å². The highest BCUT2D eigenvalue weighted by Crippen LogP contribution is 2.49. The summed E-state index contributed by atoms with van der Waals surface area (Å²) in [4.78, 5) is 11.2. The minimum absolute atomic E-state index is 0.129. The molecule has 152 valence electrons. The molecule has 0 saturated carbocycles. The molecule has 0 unspecified atom stereocenters. The summed E-state index contributed by atoms with van der Waals surface area (Å²) in [6, 6.07) is 7.46. The monoisotopic (exact) mass is 390 g/mol. The van der Waals surface area contributed by atoms with Crippen molar-refractivity contribution in [3.05, 3.63) is 41.0 Å². The summed E-state index contributed by atoms with van der Waals surface area (Å²) in [5.41, 5.74) is 2.87. The third kappa shape index (κ3) is 4.42. The van der Waals surface area contributed by atoms with Crippen molar-refractivity contribution in [2.75, 3.05) is 42.2 Å². The summed E-state index contributed by atoms with van der Waals surface area (Å²) in [6.07, 6.45) is 0.586. The van der Waals surface area contributed by atoms with Gasteiger partial charge in [0, 0.05) is 17.5 Å². The molecule has 7 nitrogen and oxygen atoms in total. The maximum atomic E-state index is 11.2. The van der Waals surface area contributed by atoms with Gasteiger partial charge in [-0.25, -0.2) is 4.79 Å². The molecule has 0 spiro atoms. The maximum absolute atomic E-state index is 11.2. The Kier molecular flexibility index (Phi) is 7.37. The van der Waals surface area contributed by atoms with Gasteiger partial charge in [0.05, 0.1) is 35.5 Å². The fourth-order valence-corrected chi connectivity index (χ4v) is 2.98. The molecule has 0 amide bonds. The number of methoxy groups -OCH3 is 5. The minimum Gasteiger partial charge on any atom is -0.492 e. The van der Waals surface area contributed by atoms with Crippen molar-refractivity contribution in [1.82, 2.24) is 0 Å². The zero-order valence-electron chi connectivity index (χ0n) is 17.1. The predicted molar refractivity (Wildman–Crippen MR) is 104 cm³/mol. The minimum atomic E-state index is -0.429. The fraction of sp³-hybridized carbons (Fsp3) is 0.381. The summed E-state index contributed by atoms with van der Waals surface area (Å²) in [5, 5.41) is 0. The third-order valence-corrected chi connectivity index (χ3v) is 4.39. The summed E-state index contributed by atoms with van der Waals surface area (Å²) in [6.45, 7) is 1.82. The first-order valence-corrected chi connectivity index (χ1v) is 8.64. The second-order valence-electron chi connectivity index (χ2n) is 5.92. The van der Waals surface area contributed by atoms with Crippen molar-refractivity contribution in [2.24, 2.45) is 0 Å². The molecule has 0 heterocycles. The first-order valence-electron chi connectivity index (χ1n) is 8.64. The molecule has 0 fully saturated rings. The van der Waals surface area contributed by atoms with Crippen LogP contribution in [0.5, 0.6) is 28.7 Å². The SMILES string of the molecule is COC(=O)COc1ccc(Cc2c(C)c(OC)c(OC)c(OC)c2OC)cc1. The highest BCUT2D eigenvalue weighted by atomic mass is 16.6. The molecule has 0 N–H and O–H groups in total. The maximum Gasteiger partial charge on any atom is 0.343 e. The van der Waals surface area contributed by atoms with E-state index in [0.29, 0.717) is 35.2 Å². The van der Waals surface area contributed by atoms with Gasteiger partial charge in [-0.3, -0.25) is 0 Å². The number of carbonyl (C=O) groups is 1. The van der Waals surface area contributed by atoms with Crippen LogP contribution in [0.15, 0.2) is 24.3 Å². The van der Waals surface area contributed by atoms with Crippen molar-refractivity contribution in [3.8, 4) is 28.7 Å². The lowest BCUT2D eigenvalue weighted by molar-refractivity contribution is -0.142. The number of carbonyl (C=O) groups excluding carboxylic acids is 1. The van der Waals surface area contributed by atoms with Crippen LogP contribution >= 0.6 is 0 Å². The lowest BCUT2D eigenvalue weighted by Gasteiger charge is -2.21. The Morgan fingerprint density at radius 2 is 1.32 bits per heavy atom. The van der Waals surface area contributed by atoms with Gasteiger partial charge in [-0.15, -0.1) is 0 Å². The number of rotatable bonds is 9. The van der Waals surface area contributed by atoms with Crippen molar-refractivity contribution in [2.45, 2.75) is 13.3 Å². The van der Waals surface area contributed by atoms with E-state index in [1.807, 2.05) is 19.1 Å². The number of hydrogen-bond acceptors (Lipinski definition) is 7. The second-order valence-corrected chi connectivity index (χ2v) is 5.92. The first-order chi connectivity index (χ1) is 13.5. The molecular formula is C21H26O7. The Balaban J connectivity index is 2.36. The molecule has 2 rings (SSSR count). The van der Waals surface area contributed by atoms with E-state index < -0.39 is 5.97 Å². The molecule has 0 bridgehead atoms. The normalized spacial score (nSPS) is 10.2. The van der Waals surface area contributed by atoms with Crippen LogP contribution in [0, 0.1) is 6.92 Å². The molecule has 0 aliphatic carbocycles. The summed E-state index contributed by atoms with van der Waals surface area (Å²) in [7, 11) is 7.63. The average molecular weight is 390 g/mol. The number of esters is 1. The predicted octanol–water partition coefficient (Wildman–Crippen LogP) is 3.17. The number of hydrogen-bond donors (Lipinski definition) is 0. The van der Waals surface area contributed by atoms with Crippen molar-refractivity contribution in [3.63, 3.8) is 0 Å². The summed E-state index contributed by atoms with van der Waals surface area (Å²) >= 11 is 0. The van der Waals surface area contributed by atoms with Crippen LogP contribution in [0.3, 0.4) is 0 Å². The molecule has 0 aliphatic heterocycles. The smallest absolute Gasteiger partial charge is 0.343 e. The van der Waals surface area contributed by atoms with E-state index in [2.05, 4.69) is 4.74 Å². The van der Waals surface area contributed by atoms with Gasteiger partial charge in [0.15, 0.2) is 18.1 Å². The van der Waals surface area contributed by atoms with Crippen molar-refractivity contribution < 1.29 is 33.2 Å². The van der Waals surface area contributed by atoms with Gasteiger partial charge in [-0.1, -0.05) is 12.1 Å².